The van der Waals surface area contributed by atoms with Gasteiger partial charge in [-0.1, -0.05) is 0 Å². The summed E-state index contributed by atoms with van der Waals surface area (Å²) in [6, 6.07) is 1.61. The van der Waals surface area contributed by atoms with E-state index in [2.05, 4.69) is 9.97 Å². The fourth-order valence-electron chi connectivity index (χ4n) is 1.51. The minimum atomic E-state index is -0.0231. The molecule has 0 aromatic carbocycles. The molecule has 0 fully saturated rings. The van der Waals surface area contributed by atoms with Crippen molar-refractivity contribution >= 4 is 11.6 Å². The highest BCUT2D eigenvalue weighted by atomic mass is 16.5. The SMILES string of the molecule is CCOCc1nc(N)cc(N(CCO)CCO)n1. The molecule has 1 aromatic rings. The quantitative estimate of drug-likeness (QED) is 0.569. The first kappa shape index (κ1) is 14.6. The lowest BCUT2D eigenvalue weighted by atomic mass is 10.4. The van der Waals surface area contributed by atoms with Gasteiger partial charge in [-0.2, -0.15) is 0 Å². The van der Waals surface area contributed by atoms with Gasteiger partial charge in [-0.05, 0) is 6.92 Å². The lowest BCUT2D eigenvalue weighted by molar-refractivity contribution is 0.128. The largest absolute Gasteiger partial charge is 0.395 e. The van der Waals surface area contributed by atoms with E-state index in [0.29, 0.717) is 43.8 Å². The number of nitrogen functional groups attached to an aromatic ring is 1. The van der Waals surface area contributed by atoms with Crippen molar-refractivity contribution in [2.45, 2.75) is 13.5 Å². The van der Waals surface area contributed by atoms with Crippen LogP contribution in [0.15, 0.2) is 6.07 Å². The molecule has 0 unspecified atom stereocenters. The number of anilines is 2. The van der Waals surface area contributed by atoms with Crippen LogP contribution in [0.4, 0.5) is 11.6 Å². The van der Waals surface area contributed by atoms with Crippen molar-refractivity contribution in [3.05, 3.63) is 11.9 Å². The van der Waals surface area contributed by atoms with Gasteiger partial charge < -0.3 is 25.6 Å². The van der Waals surface area contributed by atoms with Crippen molar-refractivity contribution in [2.75, 3.05) is 43.5 Å². The first-order valence-corrected chi connectivity index (χ1v) is 5.89. The highest BCUT2D eigenvalue weighted by Crippen LogP contribution is 2.14. The van der Waals surface area contributed by atoms with Gasteiger partial charge in [-0.15, -0.1) is 0 Å². The maximum Gasteiger partial charge on any atom is 0.158 e. The van der Waals surface area contributed by atoms with E-state index in [-0.39, 0.29) is 13.2 Å². The second-order valence-corrected chi connectivity index (χ2v) is 3.64. The Labute approximate surface area is 106 Å². The van der Waals surface area contributed by atoms with Crippen LogP contribution in [-0.4, -0.2) is 53.1 Å². The summed E-state index contributed by atoms with van der Waals surface area (Å²) >= 11 is 0. The zero-order valence-corrected chi connectivity index (χ0v) is 10.5. The number of nitrogens with zero attached hydrogens (tertiary/aromatic N) is 3. The van der Waals surface area contributed by atoms with E-state index in [1.807, 2.05) is 6.92 Å². The summed E-state index contributed by atoms with van der Waals surface area (Å²) in [5.74, 6) is 1.42. The number of hydrogen-bond donors (Lipinski definition) is 3. The Morgan fingerprint density at radius 2 is 1.94 bits per heavy atom. The third-order valence-electron chi connectivity index (χ3n) is 2.28. The first-order valence-electron chi connectivity index (χ1n) is 5.89. The van der Waals surface area contributed by atoms with Crippen LogP contribution >= 0.6 is 0 Å². The standard InChI is InChI=1S/C11H20N4O3/c1-2-18-8-10-13-9(12)7-11(14-10)15(3-5-16)4-6-17/h7,16-17H,2-6,8H2,1H3,(H2,12,13,14). The van der Waals surface area contributed by atoms with Gasteiger partial charge in [0, 0.05) is 25.8 Å². The number of aromatic nitrogens is 2. The van der Waals surface area contributed by atoms with E-state index in [0.717, 1.165) is 0 Å². The molecule has 0 aliphatic rings. The Morgan fingerprint density at radius 3 is 2.50 bits per heavy atom. The van der Waals surface area contributed by atoms with E-state index in [9.17, 15) is 0 Å². The Balaban J connectivity index is 2.87. The molecule has 0 radical (unpaired) electrons. The lowest BCUT2D eigenvalue weighted by Crippen LogP contribution is -2.31. The van der Waals surface area contributed by atoms with E-state index < -0.39 is 0 Å². The summed E-state index contributed by atoms with van der Waals surface area (Å²) in [5.41, 5.74) is 5.70. The van der Waals surface area contributed by atoms with Gasteiger partial charge in [0.1, 0.15) is 18.2 Å². The summed E-state index contributed by atoms with van der Waals surface area (Å²) in [6.07, 6.45) is 0. The van der Waals surface area contributed by atoms with Gasteiger partial charge in [0.2, 0.25) is 0 Å². The highest BCUT2D eigenvalue weighted by Gasteiger charge is 2.10. The molecule has 1 rings (SSSR count). The number of rotatable bonds is 8. The highest BCUT2D eigenvalue weighted by molar-refractivity contribution is 5.47. The molecular formula is C11H20N4O3. The minimum absolute atomic E-state index is 0.0231. The van der Waals surface area contributed by atoms with Crippen molar-refractivity contribution < 1.29 is 14.9 Å². The molecule has 0 aliphatic carbocycles. The molecule has 7 nitrogen and oxygen atoms in total. The van der Waals surface area contributed by atoms with E-state index in [1.165, 1.54) is 0 Å². The molecular weight excluding hydrogens is 236 g/mol. The fourth-order valence-corrected chi connectivity index (χ4v) is 1.51. The predicted molar refractivity (Wildman–Crippen MR) is 68.2 cm³/mol. The van der Waals surface area contributed by atoms with Gasteiger partial charge >= 0.3 is 0 Å². The number of nitrogens with two attached hydrogens (primary N) is 1. The van der Waals surface area contributed by atoms with Crippen LogP contribution in [0.2, 0.25) is 0 Å². The molecule has 7 heteroatoms. The van der Waals surface area contributed by atoms with Crippen molar-refractivity contribution in [1.82, 2.24) is 9.97 Å². The molecule has 1 heterocycles. The Kier molecular flexibility index (Phi) is 6.34. The van der Waals surface area contributed by atoms with Crippen LogP contribution in [0, 0.1) is 0 Å². The topological polar surface area (TPSA) is 105 Å². The molecule has 18 heavy (non-hydrogen) atoms. The zero-order valence-electron chi connectivity index (χ0n) is 10.5. The fraction of sp³-hybridized carbons (Fsp3) is 0.636. The van der Waals surface area contributed by atoms with Crippen LogP contribution in [0.3, 0.4) is 0 Å². The summed E-state index contributed by atoms with van der Waals surface area (Å²) in [4.78, 5) is 10.1. The van der Waals surface area contributed by atoms with Gasteiger partial charge in [-0.3, -0.25) is 0 Å². The van der Waals surface area contributed by atoms with E-state index in [4.69, 9.17) is 20.7 Å². The second kappa shape index (κ2) is 7.80. The number of ether oxygens (including phenoxy) is 1. The zero-order chi connectivity index (χ0) is 13.4. The van der Waals surface area contributed by atoms with Crippen LogP contribution in [0.25, 0.3) is 0 Å². The van der Waals surface area contributed by atoms with Crippen LogP contribution in [0.5, 0.6) is 0 Å². The Hall–Kier alpha value is -1.44. The summed E-state index contributed by atoms with van der Waals surface area (Å²) < 4.78 is 5.23. The molecule has 0 saturated carbocycles. The maximum absolute atomic E-state index is 8.98. The molecule has 102 valence electrons. The number of hydrogen-bond acceptors (Lipinski definition) is 7. The summed E-state index contributed by atoms with van der Waals surface area (Å²) in [6.45, 7) is 3.47. The average molecular weight is 256 g/mol. The molecule has 0 bridgehead atoms. The predicted octanol–water partition coefficient (Wildman–Crippen LogP) is -0.614. The molecule has 0 aliphatic heterocycles. The number of aliphatic hydroxyl groups is 2. The molecule has 0 spiro atoms. The third kappa shape index (κ3) is 4.44. The number of aliphatic hydroxyl groups excluding tert-OH is 2. The van der Waals surface area contributed by atoms with Gasteiger partial charge in [0.15, 0.2) is 5.82 Å². The molecule has 4 N–H and O–H groups in total. The molecule has 1 aromatic heterocycles. The third-order valence-corrected chi connectivity index (χ3v) is 2.28. The monoisotopic (exact) mass is 256 g/mol. The molecule has 0 atom stereocenters. The van der Waals surface area contributed by atoms with Crippen LogP contribution in [0.1, 0.15) is 12.7 Å². The minimum Gasteiger partial charge on any atom is -0.395 e. The van der Waals surface area contributed by atoms with Gasteiger partial charge in [-0.25, -0.2) is 9.97 Å². The average Bonchev–Trinajstić information content (AvgIpc) is 2.35. The smallest absolute Gasteiger partial charge is 0.158 e. The summed E-state index contributed by atoms with van der Waals surface area (Å²) in [5, 5.41) is 18.0. The van der Waals surface area contributed by atoms with Crippen LogP contribution < -0.4 is 10.6 Å². The van der Waals surface area contributed by atoms with Crippen LogP contribution in [-0.2, 0) is 11.3 Å². The molecule has 0 saturated heterocycles. The van der Waals surface area contributed by atoms with Gasteiger partial charge in [0.25, 0.3) is 0 Å². The first-order chi connectivity index (χ1) is 8.71. The van der Waals surface area contributed by atoms with E-state index in [1.54, 1.807) is 11.0 Å². The van der Waals surface area contributed by atoms with Crippen molar-refractivity contribution in [2.24, 2.45) is 0 Å². The summed E-state index contributed by atoms with van der Waals surface area (Å²) in [7, 11) is 0. The van der Waals surface area contributed by atoms with Crippen molar-refractivity contribution in [3.8, 4) is 0 Å². The maximum atomic E-state index is 8.98. The molecule has 0 amide bonds. The lowest BCUT2D eigenvalue weighted by Gasteiger charge is -2.22. The normalized spacial score (nSPS) is 10.6. The van der Waals surface area contributed by atoms with E-state index >= 15 is 0 Å². The Bertz CT molecular complexity index is 356. The van der Waals surface area contributed by atoms with Crippen molar-refractivity contribution in [1.29, 1.82) is 0 Å². The van der Waals surface area contributed by atoms with Crippen molar-refractivity contribution in [3.63, 3.8) is 0 Å². The Morgan fingerprint density at radius 1 is 1.28 bits per heavy atom. The van der Waals surface area contributed by atoms with Gasteiger partial charge in [0.05, 0.1) is 13.2 Å². The second-order valence-electron chi connectivity index (χ2n) is 3.64.